The third-order valence-electron chi connectivity index (χ3n) is 2.99. The minimum absolute atomic E-state index is 0.183. The molecule has 1 saturated heterocycles. The molecule has 1 aromatic rings. The van der Waals surface area contributed by atoms with Gasteiger partial charge in [-0.15, -0.1) is 0 Å². The van der Waals surface area contributed by atoms with Gasteiger partial charge in [-0.1, -0.05) is 0 Å². The number of hydrogen-bond acceptors (Lipinski definition) is 4. The van der Waals surface area contributed by atoms with Gasteiger partial charge in [0.2, 0.25) is 0 Å². The van der Waals surface area contributed by atoms with Gasteiger partial charge in [-0.2, -0.15) is 0 Å². The Bertz CT molecular complexity index is 304. The van der Waals surface area contributed by atoms with Crippen LogP contribution in [0.1, 0.15) is 31.5 Å². The van der Waals surface area contributed by atoms with Crippen LogP contribution in [0.4, 0.5) is 0 Å². The van der Waals surface area contributed by atoms with Gasteiger partial charge in [0.1, 0.15) is 0 Å². The first-order valence-electron chi connectivity index (χ1n) is 5.45. The van der Waals surface area contributed by atoms with Crippen LogP contribution in [-0.4, -0.2) is 39.2 Å². The molecule has 0 aliphatic carbocycles. The molecule has 1 N–H and O–H groups in total. The minimum Gasteiger partial charge on any atom is -0.392 e. The highest BCUT2D eigenvalue weighted by molar-refractivity contribution is 5.01. The molecule has 2 rings (SSSR count). The zero-order valence-corrected chi connectivity index (χ0v) is 9.00. The quantitative estimate of drug-likeness (QED) is 0.786. The van der Waals surface area contributed by atoms with Crippen LogP contribution in [0.5, 0.6) is 0 Å². The monoisotopic (exact) mass is 207 g/mol. The Morgan fingerprint density at radius 3 is 3.07 bits per heavy atom. The molecule has 0 unspecified atom stereocenters. The second-order valence-corrected chi connectivity index (χ2v) is 4.10. The maximum atomic E-state index is 9.60. The number of hydrogen-bond donors (Lipinski definition) is 1. The number of aliphatic hydroxyl groups is 1. The summed E-state index contributed by atoms with van der Waals surface area (Å²) in [6.07, 6.45) is 6.99. The fraction of sp³-hybridized carbons (Fsp3) is 0.636. The van der Waals surface area contributed by atoms with Crippen molar-refractivity contribution in [1.29, 1.82) is 0 Å². The summed E-state index contributed by atoms with van der Waals surface area (Å²) in [7, 11) is 0. The van der Waals surface area contributed by atoms with E-state index in [0.29, 0.717) is 0 Å². The smallest absolute Gasteiger partial charge is 0.0755 e. The summed E-state index contributed by atoms with van der Waals surface area (Å²) in [5, 5.41) is 9.60. The predicted molar refractivity (Wildman–Crippen MR) is 57.3 cm³/mol. The average molecular weight is 207 g/mol. The fourth-order valence-corrected chi connectivity index (χ4v) is 2.05. The van der Waals surface area contributed by atoms with E-state index < -0.39 is 0 Å². The molecule has 82 valence electrons. The molecule has 4 nitrogen and oxygen atoms in total. The predicted octanol–water partition coefficient (Wildman–Crippen LogP) is 0.994. The van der Waals surface area contributed by atoms with Gasteiger partial charge >= 0.3 is 0 Å². The van der Waals surface area contributed by atoms with Crippen molar-refractivity contribution in [3.8, 4) is 0 Å². The molecular formula is C11H17N3O. The maximum absolute atomic E-state index is 9.60. The van der Waals surface area contributed by atoms with Gasteiger partial charge in [0.05, 0.1) is 17.8 Å². The Kier molecular flexibility index (Phi) is 3.28. The molecule has 1 aliphatic rings. The van der Waals surface area contributed by atoms with E-state index in [1.165, 1.54) is 0 Å². The Labute approximate surface area is 90.0 Å². The lowest BCUT2D eigenvalue weighted by Gasteiger charge is -2.34. The third-order valence-corrected chi connectivity index (χ3v) is 2.99. The summed E-state index contributed by atoms with van der Waals surface area (Å²) in [6.45, 7) is 3.90. The van der Waals surface area contributed by atoms with Gasteiger partial charge in [0.25, 0.3) is 0 Å². The van der Waals surface area contributed by atoms with E-state index in [-0.39, 0.29) is 12.1 Å². The van der Waals surface area contributed by atoms with Gasteiger partial charge in [-0.3, -0.25) is 14.9 Å². The molecule has 0 amide bonds. The van der Waals surface area contributed by atoms with E-state index in [1.807, 2.05) is 0 Å². The molecule has 2 heterocycles. The Morgan fingerprint density at radius 1 is 1.53 bits per heavy atom. The third kappa shape index (κ3) is 2.52. The summed E-state index contributed by atoms with van der Waals surface area (Å²) in [5.74, 6) is 0. The fourth-order valence-electron chi connectivity index (χ4n) is 2.05. The number of piperidine rings is 1. The van der Waals surface area contributed by atoms with Crippen molar-refractivity contribution in [1.82, 2.24) is 14.9 Å². The number of aliphatic hydroxyl groups excluding tert-OH is 1. The molecule has 0 radical (unpaired) electrons. The topological polar surface area (TPSA) is 49.2 Å². The van der Waals surface area contributed by atoms with Crippen LogP contribution >= 0.6 is 0 Å². The van der Waals surface area contributed by atoms with Crippen LogP contribution in [0.3, 0.4) is 0 Å². The van der Waals surface area contributed by atoms with E-state index in [2.05, 4.69) is 21.8 Å². The van der Waals surface area contributed by atoms with Crippen molar-refractivity contribution in [2.75, 3.05) is 13.1 Å². The summed E-state index contributed by atoms with van der Waals surface area (Å²) >= 11 is 0. The molecule has 0 aromatic carbocycles. The molecule has 0 bridgehead atoms. The summed E-state index contributed by atoms with van der Waals surface area (Å²) in [6, 6.07) is 0.244. The van der Waals surface area contributed by atoms with Crippen molar-refractivity contribution in [3.05, 3.63) is 24.3 Å². The highest BCUT2D eigenvalue weighted by Crippen LogP contribution is 2.21. The van der Waals surface area contributed by atoms with E-state index in [9.17, 15) is 5.11 Å². The first kappa shape index (κ1) is 10.5. The van der Waals surface area contributed by atoms with E-state index in [0.717, 1.165) is 31.6 Å². The Hall–Kier alpha value is -1.00. The molecule has 0 saturated carbocycles. The Balaban J connectivity index is 2.04. The molecule has 4 heteroatoms. The number of nitrogens with zero attached hydrogens (tertiary/aromatic N) is 3. The number of β-amino-alcohol motifs (C(OH)–C–C–N with tert-alkyl or cyclic N) is 1. The highest BCUT2D eigenvalue weighted by Gasteiger charge is 2.23. The van der Waals surface area contributed by atoms with Crippen molar-refractivity contribution < 1.29 is 5.11 Å². The van der Waals surface area contributed by atoms with Crippen LogP contribution in [0.25, 0.3) is 0 Å². The van der Waals surface area contributed by atoms with Crippen molar-refractivity contribution in [2.24, 2.45) is 0 Å². The SMILES string of the molecule is C[C@@H](c1cnccn1)N1CCC[C@@H](O)C1. The zero-order chi connectivity index (χ0) is 10.7. The number of rotatable bonds is 2. The summed E-state index contributed by atoms with van der Waals surface area (Å²) < 4.78 is 0. The first-order chi connectivity index (χ1) is 7.27. The van der Waals surface area contributed by atoms with Crippen molar-refractivity contribution in [2.45, 2.75) is 31.9 Å². The molecule has 1 aliphatic heterocycles. The molecule has 1 fully saturated rings. The van der Waals surface area contributed by atoms with Crippen LogP contribution in [-0.2, 0) is 0 Å². The molecule has 0 spiro atoms. The Morgan fingerprint density at radius 2 is 2.40 bits per heavy atom. The molecular weight excluding hydrogens is 190 g/mol. The second kappa shape index (κ2) is 4.68. The van der Waals surface area contributed by atoms with Gasteiger partial charge in [0.15, 0.2) is 0 Å². The lowest BCUT2D eigenvalue weighted by molar-refractivity contribution is 0.0493. The highest BCUT2D eigenvalue weighted by atomic mass is 16.3. The molecule has 2 atom stereocenters. The van der Waals surface area contributed by atoms with Gasteiger partial charge in [-0.25, -0.2) is 0 Å². The normalized spacial score (nSPS) is 25.1. The lowest BCUT2D eigenvalue weighted by atomic mass is 10.1. The molecule has 1 aromatic heterocycles. The van der Waals surface area contributed by atoms with Crippen LogP contribution in [0.15, 0.2) is 18.6 Å². The van der Waals surface area contributed by atoms with Crippen LogP contribution < -0.4 is 0 Å². The van der Waals surface area contributed by atoms with E-state index >= 15 is 0 Å². The summed E-state index contributed by atoms with van der Waals surface area (Å²) in [4.78, 5) is 10.6. The maximum Gasteiger partial charge on any atom is 0.0755 e. The van der Waals surface area contributed by atoms with Crippen LogP contribution in [0.2, 0.25) is 0 Å². The first-order valence-corrected chi connectivity index (χ1v) is 5.45. The van der Waals surface area contributed by atoms with Crippen LogP contribution in [0, 0.1) is 0 Å². The molecule has 15 heavy (non-hydrogen) atoms. The zero-order valence-electron chi connectivity index (χ0n) is 9.00. The van der Waals surface area contributed by atoms with Gasteiger partial charge < -0.3 is 5.11 Å². The van der Waals surface area contributed by atoms with Gasteiger partial charge in [-0.05, 0) is 26.3 Å². The minimum atomic E-state index is -0.183. The average Bonchev–Trinajstić information content (AvgIpc) is 2.29. The standard InChI is InChI=1S/C11H17N3O/c1-9(11-7-12-4-5-13-11)14-6-2-3-10(15)8-14/h4-5,7,9-10,15H,2-3,6,8H2,1H3/t9-,10+/m0/s1. The van der Waals surface area contributed by atoms with E-state index in [4.69, 9.17) is 0 Å². The van der Waals surface area contributed by atoms with Crippen molar-refractivity contribution in [3.63, 3.8) is 0 Å². The van der Waals surface area contributed by atoms with Gasteiger partial charge in [0, 0.05) is 25.1 Å². The second-order valence-electron chi connectivity index (χ2n) is 4.10. The largest absolute Gasteiger partial charge is 0.392 e. The summed E-state index contributed by atoms with van der Waals surface area (Å²) in [5.41, 5.74) is 0.978. The van der Waals surface area contributed by atoms with Crippen molar-refractivity contribution >= 4 is 0 Å². The van der Waals surface area contributed by atoms with E-state index in [1.54, 1.807) is 18.6 Å². The lowest BCUT2D eigenvalue weighted by Crippen LogP contribution is -2.39. The number of aromatic nitrogens is 2. The number of likely N-dealkylation sites (tertiary alicyclic amines) is 1.